The molecule has 212 valence electrons. The molecule has 1 aliphatic heterocycles. The van der Waals surface area contributed by atoms with Gasteiger partial charge < -0.3 is 19.5 Å². The van der Waals surface area contributed by atoms with Crippen LogP contribution in [0.4, 0.5) is 16.2 Å². The Bertz CT molecular complexity index is 1490. The predicted octanol–water partition coefficient (Wildman–Crippen LogP) is 5.65. The van der Waals surface area contributed by atoms with Gasteiger partial charge >= 0.3 is 0 Å². The van der Waals surface area contributed by atoms with Crippen molar-refractivity contribution in [1.82, 2.24) is 4.90 Å². The summed E-state index contributed by atoms with van der Waals surface area (Å²) in [5, 5.41) is 13.4. The Kier molecular flexibility index (Phi) is 9.59. The highest BCUT2D eigenvalue weighted by Gasteiger charge is 2.36. The predicted molar refractivity (Wildman–Crippen MR) is 154 cm³/mol. The second-order valence-electron chi connectivity index (χ2n) is 8.59. The van der Waals surface area contributed by atoms with E-state index in [1.807, 2.05) is 6.92 Å². The lowest BCUT2D eigenvalue weighted by molar-refractivity contribution is -0.385. The fraction of sp³-hybridized carbons (Fsp3) is 0.207. The van der Waals surface area contributed by atoms with E-state index in [4.69, 9.17) is 14.2 Å². The van der Waals surface area contributed by atoms with Gasteiger partial charge in [-0.15, -0.1) is 0 Å². The van der Waals surface area contributed by atoms with Crippen molar-refractivity contribution >= 4 is 46.3 Å². The van der Waals surface area contributed by atoms with Crippen LogP contribution in [-0.2, 0) is 16.2 Å². The quantitative estimate of drug-likeness (QED) is 0.164. The lowest BCUT2D eigenvalue weighted by atomic mass is 10.1. The molecule has 3 aromatic carbocycles. The first-order valence-electron chi connectivity index (χ1n) is 12.7. The van der Waals surface area contributed by atoms with Crippen LogP contribution in [-0.4, -0.2) is 46.6 Å². The second kappa shape index (κ2) is 13.5. The van der Waals surface area contributed by atoms with Gasteiger partial charge in [0.05, 0.1) is 28.6 Å². The normalized spacial score (nSPS) is 13.8. The standard InChI is InChI=1S/C29H27N3O8S/c1-3-38-22-12-10-21(11-13-22)30-27(33)17-31-28(34)26(41-29(31)35)16-19-9-14-24(25(15-19)39-4-2)40-18-20-7-5-6-8-23(20)32(36)37/h5-16H,3-4,17-18H2,1-2H3,(H,30,33)/b26-16+. The molecule has 41 heavy (non-hydrogen) atoms. The third kappa shape index (κ3) is 7.42. The minimum atomic E-state index is -0.587. The Morgan fingerprint density at radius 1 is 0.976 bits per heavy atom. The molecule has 0 aromatic heterocycles. The van der Waals surface area contributed by atoms with Crippen molar-refractivity contribution in [3.8, 4) is 17.2 Å². The van der Waals surface area contributed by atoms with Crippen molar-refractivity contribution < 1.29 is 33.5 Å². The van der Waals surface area contributed by atoms with Crippen LogP contribution >= 0.6 is 11.8 Å². The Hall–Kier alpha value is -4.84. The lowest BCUT2D eigenvalue weighted by Crippen LogP contribution is -2.36. The van der Waals surface area contributed by atoms with Gasteiger partial charge in [0.15, 0.2) is 11.5 Å². The summed E-state index contributed by atoms with van der Waals surface area (Å²) in [4.78, 5) is 49.9. The number of amides is 3. The molecule has 12 heteroatoms. The van der Waals surface area contributed by atoms with Gasteiger partial charge in [0.25, 0.3) is 16.8 Å². The summed E-state index contributed by atoms with van der Waals surface area (Å²) in [7, 11) is 0. The van der Waals surface area contributed by atoms with E-state index in [0.717, 1.165) is 16.7 Å². The van der Waals surface area contributed by atoms with E-state index in [2.05, 4.69) is 5.32 Å². The highest BCUT2D eigenvalue weighted by atomic mass is 32.2. The number of carbonyl (C=O) groups is 3. The Labute approximate surface area is 240 Å². The Balaban J connectivity index is 1.43. The first kappa shape index (κ1) is 29.2. The number of ether oxygens (including phenoxy) is 3. The third-order valence-electron chi connectivity index (χ3n) is 5.76. The summed E-state index contributed by atoms with van der Waals surface area (Å²) < 4.78 is 16.9. The minimum absolute atomic E-state index is 0.0474. The van der Waals surface area contributed by atoms with Crippen LogP contribution in [0, 0.1) is 10.1 Å². The average Bonchev–Trinajstić information content (AvgIpc) is 3.21. The molecular weight excluding hydrogens is 550 g/mol. The minimum Gasteiger partial charge on any atom is -0.494 e. The van der Waals surface area contributed by atoms with E-state index < -0.39 is 28.5 Å². The molecular formula is C29H27N3O8S. The molecule has 0 aliphatic carbocycles. The van der Waals surface area contributed by atoms with Crippen LogP contribution in [0.2, 0.25) is 0 Å². The van der Waals surface area contributed by atoms with E-state index in [-0.39, 0.29) is 17.2 Å². The number of anilines is 1. The lowest BCUT2D eigenvalue weighted by Gasteiger charge is -2.13. The smallest absolute Gasteiger partial charge is 0.294 e. The zero-order valence-corrected chi connectivity index (χ0v) is 23.1. The number of para-hydroxylation sites is 1. The van der Waals surface area contributed by atoms with Gasteiger partial charge in [-0.05, 0) is 79.7 Å². The van der Waals surface area contributed by atoms with E-state index in [0.29, 0.717) is 47.3 Å². The zero-order chi connectivity index (χ0) is 29.4. The molecule has 0 saturated carbocycles. The van der Waals surface area contributed by atoms with Crippen molar-refractivity contribution in [1.29, 1.82) is 0 Å². The van der Waals surface area contributed by atoms with Crippen LogP contribution in [0.5, 0.6) is 17.2 Å². The van der Waals surface area contributed by atoms with Crippen molar-refractivity contribution in [2.24, 2.45) is 0 Å². The molecule has 3 aromatic rings. The summed E-state index contributed by atoms with van der Waals surface area (Å²) in [6.07, 6.45) is 1.53. The highest BCUT2D eigenvalue weighted by Crippen LogP contribution is 2.35. The van der Waals surface area contributed by atoms with E-state index in [1.54, 1.807) is 67.6 Å². The Morgan fingerprint density at radius 3 is 2.41 bits per heavy atom. The Morgan fingerprint density at radius 2 is 1.71 bits per heavy atom. The van der Waals surface area contributed by atoms with Crippen LogP contribution < -0.4 is 19.5 Å². The number of hydrogen-bond acceptors (Lipinski definition) is 9. The third-order valence-corrected chi connectivity index (χ3v) is 6.67. The number of hydrogen-bond donors (Lipinski definition) is 1. The molecule has 1 saturated heterocycles. The number of carbonyl (C=O) groups excluding carboxylic acids is 3. The molecule has 0 bridgehead atoms. The molecule has 0 atom stereocenters. The van der Waals surface area contributed by atoms with Crippen molar-refractivity contribution in [3.05, 3.63) is 92.9 Å². The van der Waals surface area contributed by atoms with Gasteiger partial charge in [-0.25, -0.2) is 0 Å². The van der Waals surface area contributed by atoms with E-state index >= 15 is 0 Å². The van der Waals surface area contributed by atoms with Crippen molar-refractivity contribution in [2.75, 3.05) is 25.1 Å². The molecule has 4 rings (SSSR count). The van der Waals surface area contributed by atoms with Crippen molar-refractivity contribution in [2.45, 2.75) is 20.5 Å². The number of benzene rings is 3. The molecule has 1 heterocycles. The summed E-state index contributed by atoms with van der Waals surface area (Å²) in [5.74, 6) is 0.289. The number of nitro benzene ring substituents is 1. The van der Waals surface area contributed by atoms with E-state index in [1.165, 1.54) is 12.1 Å². The highest BCUT2D eigenvalue weighted by molar-refractivity contribution is 8.18. The van der Waals surface area contributed by atoms with Gasteiger partial charge in [0.1, 0.15) is 18.9 Å². The van der Waals surface area contributed by atoms with Crippen molar-refractivity contribution in [3.63, 3.8) is 0 Å². The molecule has 0 radical (unpaired) electrons. The van der Waals surface area contributed by atoms with Crippen LogP contribution in [0.15, 0.2) is 71.6 Å². The summed E-state index contributed by atoms with van der Waals surface area (Å²) in [6.45, 7) is 4.02. The van der Waals surface area contributed by atoms with E-state index in [9.17, 15) is 24.5 Å². The summed E-state index contributed by atoms with van der Waals surface area (Å²) in [6, 6.07) is 18.0. The largest absolute Gasteiger partial charge is 0.494 e. The fourth-order valence-corrected chi connectivity index (χ4v) is 4.74. The van der Waals surface area contributed by atoms with Gasteiger partial charge in [-0.2, -0.15) is 0 Å². The molecule has 1 fully saturated rings. The number of rotatable bonds is 12. The topological polar surface area (TPSA) is 137 Å². The van der Waals surface area contributed by atoms with Gasteiger partial charge in [0, 0.05) is 11.8 Å². The maximum atomic E-state index is 13.0. The average molecular weight is 578 g/mol. The van der Waals surface area contributed by atoms with Gasteiger partial charge in [-0.1, -0.05) is 18.2 Å². The van der Waals surface area contributed by atoms with Crippen LogP contribution in [0.25, 0.3) is 6.08 Å². The molecule has 3 amide bonds. The maximum Gasteiger partial charge on any atom is 0.294 e. The van der Waals surface area contributed by atoms with Gasteiger partial charge in [0.2, 0.25) is 5.91 Å². The molecule has 0 unspecified atom stereocenters. The first-order valence-corrected chi connectivity index (χ1v) is 13.5. The molecule has 1 aliphatic rings. The SMILES string of the molecule is CCOc1ccc(NC(=O)CN2C(=O)S/C(=C/c3ccc(OCc4ccccc4[N+](=O)[O-])c(OCC)c3)C2=O)cc1. The molecule has 0 spiro atoms. The molecule has 1 N–H and O–H groups in total. The maximum absolute atomic E-state index is 13.0. The second-order valence-corrected chi connectivity index (χ2v) is 9.58. The number of nitrogens with zero attached hydrogens (tertiary/aromatic N) is 2. The van der Waals surface area contributed by atoms with Gasteiger partial charge in [-0.3, -0.25) is 29.4 Å². The number of nitro groups is 1. The summed E-state index contributed by atoms with van der Waals surface area (Å²) in [5.41, 5.74) is 1.43. The first-order chi connectivity index (χ1) is 19.8. The van der Waals surface area contributed by atoms with Crippen LogP contribution in [0.3, 0.4) is 0 Å². The molecule has 11 nitrogen and oxygen atoms in total. The fourth-order valence-electron chi connectivity index (χ4n) is 3.90. The summed E-state index contributed by atoms with van der Waals surface area (Å²) >= 11 is 0.734. The number of imide groups is 1. The number of nitrogens with one attached hydrogen (secondary N) is 1. The zero-order valence-electron chi connectivity index (χ0n) is 22.3. The van der Waals surface area contributed by atoms with Crippen LogP contribution in [0.1, 0.15) is 25.0 Å². The monoisotopic (exact) mass is 577 g/mol. The number of thioether (sulfide) groups is 1.